The van der Waals surface area contributed by atoms with Gasteiger partial charge in [0, 0.05) is 6.42 Å². The van der Waals surface area contributed by atoms with Gasteiger partial charge in [-0.2, -0.15) is 0 Å². The van der Waals surface area contributed by atoms with Gasteiger partial charge < -0.3 is 9.47 Å². The fourth-order valence-electron chi connectivity index (χ4n) is 5.08. The van der Waals surface area contributed by atoms with Crippen LogP contribution in [0.25, 0.3) is 0 Å². The lowest BCUT2D eigenvalue weighted by molar-refractivity contribution is -0.138. The maximum atomic E-state index is 6.54. The maximum Gasteiger partial charge on any atom is 0.200 e. The Labute approximate surface area is 187 Å². The van der Waals surface area contributed by atoms with Crippen molar-refractivity contribution in [2.45, 2.75) is 130 Å². The van der Waals surface area contributed by atoms with Crippen LogP contribution in [0, 0.1) is 11.3 Å². The highest BCUT2D eigenvalue weighted by Gasteiger charge is 2.26. The lowest BCUT2D eigenvalue weighted by atomic mass is 9.75. The number of benzene rings is 1. The molecule has 2 heteroatoms. The Morgan fingerprint density at radius 1 is 0.933 bits per heavy atom. The van der Waals surface area contributed by atoms with Gasteiger partial charge in [-0.15, -0.1) is 0 Å². The Kier molecular flexibility index (Phi) is 10.7. The highest BCUT2D eigenvalue weighted by molar-refractivity contribution is 5.30. The monoisotopic (exact) mass is 416 g/mol. The first-order valence-electron chi connectivity index (χ1n) is 12.8. The number of rotatable bonds is 12. The molecule has 0 aliphatic heterocycles. The molecule has 1 fully saturated rings. The highest BCUT2D eigenvalue weighted by atomic mass is 16.7. The van der Waals surface area contributed by atoms with Crippen molar-refractivity contribution < 1.29 is 9.47 Å². The molecule has 0 aromatic heterocycles. The molecular formula is C28H48O2. The van der Waals surface area contributed by atoms with Gasteiger partial charge in [-0.25, -0.2) is 0 Å². The van der Waals surface area contributed by atoms with Crippen molar-refractivity contribution in [3.63, 3.8) is 0 Å². The van der Waals surface area contributed by atoms with E-state index in [0.717, 1.165) is 18.6 Å². The SMILES string of the molecule is CCCCC(CC)CC(Oc1ccc(C(CC)C(C)(C)C)cc1)OC1CCCCC1. The van der Waals surface area contributed by atoms with Gasteiger partial charge in [-0.1, -0.05) is 98.6 Å². The van der Waals surface area contributed by atoms with Crippen LogP contribution in [0.15, 0.2) is 24.3 Å². The Balaban J connectivity index is 2.07. The number of hydrogen-bond acceptors (Lipinski definition) is 2. The van der Waals surface area contributed by atoms with Gasteiger partial charge >= 0.3 is 0 Å². The summed E-state index contributed by atoms with van der Waals surface area (Å²) in [4.78, 5) is 0. The zero-order valence-electron chi connectivity index (χ0n) is 20.7. The van der Waals surface area contributed by atoms with E-state index in [1.807, 2.05) is 0 Å². The molecule has 0 amide bonds. The highest BCUT2D eigenvalue weighted by Crippen LogP contribution is 2.38. The molecule has 0 heterocycles. The molecule has 0 bridgehead atoms. The third-order valence-electron chi connectivity index (χ3n) is 6.97. The summed E-state index contributed by atoms with van der Waals surface area (Å²) in [6, 6.07) is 8.85. The smallest absolute Gasteiger partial charge is 0.200 e. The van der Waals surface area contributed by atoms with Crippen molar-refractivity contribution in [1.82, 2.24) is 0 Å². The van der Waals surface area contributed by atoms with Gasteiger partial charge in [0.15, 0.2) is 6.29 Å². The summed E-state index contributed by atoms with van der Waals surface area (Å²) in [6.07, 6.45) is 13.8. The zero-order chi connectivity index (χ0) is 22.0. The molecule has 0 N–H and O–H groups in total. The van der Waals surface area contributed by atoms with Crippen LogP contribution in [0.3, 0.4) is 0 Å². The van der Waals surface area contributed by atoms with Crippen molar-refractivity contribution in [3.8, 4) is 5.75 Å². The molecule has 30 heavy (non-hydrogen) atoms. The van der Waals surface area contributed by atoms with Crippen molar-refractivity contribution in [2.75, 3.05) is 0 Å². The van der Waals surface area contributed by atoms with E-state index in [1.54, 1.807) is 0 Å². The lowest BCUT2D eigenvalue weighted by Gasteiger charge is -2.31. The number of hydrogen-bond donors (Lipinski definition) is 0. The molecule has 1 aliphatic rings. The number of ether oxygens (including phenoxy) is 2. The summed E-state index contributed by atoms with van der Waals surface area (Å²) in [5.41, 5.74) is 1.69. The lowest BCUT2D eigenvalue weighted by Crippen LogP contribution is -2.30. The molecule has 1 saturated carbocycles. The number of unbranched alkanes of at least 4 members (excludes halogenated alkanes) is 1. The summed E-state index contributed by atoms with van der Waals surface area (Å²) in [5, 5.41) is 0. The largest absolute Gasteiger partial charge is 0.465 e. The van der Waals surface area contributed by atoms with Crippen molar-refractivity contribution in [1.29, 1.82) is 0 Å². The summed E-state index contributed by atoms with van der Waals surface area (Å²) in [6.45, 7) is 13.9. The van der Waals surface area contributed by atoms with Crippen molar-refractivity contribution in [2.24, 2.45) is 11.3 Å². The van der Waals surface area contributed by atoms with Crippen LogP contribution >= 0.6 is 0 Å². The second kappa shape index (κ2) is 12.7. The third kappa shape index (κ3) is 8.25. The van der Waals surface area contributed by atoms with E-state index in [0.29, 0.717) is 17.9 Å². The molecule has 1 aromatic rings. The molecule has 0 saturated heterocycles. The molecule has 0 spiro atoms. The summed E-state index contributed by atoms with van der Waals surface area (Å²) >= 11 is 0. The Bertz CT molecular complexity index is 565. The topological polar surface area (TPSA) is 18.5 Å². The second-order valence-electron chi connectivity index (χ2n) is 10.5. The standard InChI is InChI=1S/C28H48O2/c1-7-10-14-22(8-2)21-27(29-24-15-12-11-13-16-24)30-25-19-17-23(18-20-25)26(9-3)28(4,5)6/h17-20,22,24,26-27H,7-16,21H2,1-6H3. The molecule has 1 aromatic carbocycles. The maximum absolute atomic E-state index is 6.54. The zero-order valence-corrected chi connectivity index (χ0v) is 20.7. The molecule has 2 nitrogen and oxygen atoms in total. The third-order valence-corrected chi connectivity index (χ3v) is 6.97. The average molecular weight is 417 g/mol. The van der Waals surface area contributed by atoms with E-state index in [1.165, 1.54) is 63.4 Å². The van der Waals surface area contributed by atoms with Crippen LogP contribution < -0.4 is 4.74 Å². The van der Waals surface area contributed by atoms with E-state index in [2.05, 4.69) is 65.8 Å². The van der Waals surface area contributed by atoms with Crippen LogP contribution in [0.5, 0.6) is 5.75 Å². The van der Waals surface area contributed by atoms with Crippen LogP contribution in [0.4, 0.5) is 0 Å². The second-order valence-corrected chi connectivity index (χ2v) is 10.5. The molecule has 3 atom stereocenters. The predicted molar refractivity (Wildman–Crippen MR) is 129 cm³/mol. The van der Waals surface area contributed by atoms with Gasteiger partial charge in [0.05, 0.1) is 6.10 Å². The molecular weight excluding hydrogens is 368 g/mol. The van der Waals surface area contributed by atoms with E-state index in [-0.39, 0.29) is 11.7 Å². The quantitative estimate of drug-likeness (QED) is 0.317. The van der Waals surface area contributed by atoms with E-state index >= 15 is 0 Å². The van der Waals surface area contributed by atoms with Crippen molar-refractivity contribution >= 4 is 0 Å². The van der Waals surface area contributed by atoms with Gasteiger partial charge in [-0.05, 0) is 54.2 Å². The van der Waals surface area contributed by atoms with Crippen LogP contribution in [0.1, 0.15) is 124 Å². The fourth-order valence-corrected chi connectivity index (χ4v) is 5.08. The van der Waals surface area contributed by atoms with Gasteiger partial charge in [0.1, 0.15) is 5.75 Å². The minimum Gasteiger partial charge on any atom is -0.465 e. The molecule has 3 unspecified atom stereocenters. The molecule has 1 aliphatic carbocycles. The van der Waals surface area contributed by atoms with Gasteiger partial charge in [0.2, 0.25) is 0 Å². The Morgan fingerprint density at radius 2 is 1.60 bits per heavy atom. The van der Waals surface area contributed by atoms with Crippen LogP contribution in [0.2, 0.25) is 0 Å². The first-order valence-corrected chi connectivity index (χ1v) is 12.8. The summed E-state index contributed by atoms with van der Waals surface area (Å²) < 4.78 is 13.0. The predicted octanol–water partition coefficient (Wildman–Crippen LogP) is 8.89. The Morgan fingerprint density at radius 3 is 2.13 bits per heavy atom. The minimum absolute atomic E-state index is 0.120. The Hall–Kier alpha value is -1.02. The normalized spacial score (nSPS) is 18.7. The van der Waals surface area contributed by atoms with Crippen molar-refractivity contribution in [3.05, 3.63) is 29.8 Å². The van der Waals surface area contributed by atoms with E-state index < -0.39 is 0 Å². The summed E-state index contributed by atoms with van der Waals surface area (Å²) in [7, 11) is 0. The molecule has 0 radical (unpaired) electrons. The summed E-state index contributed by atoms with van der Waals surface area (Å²) in [5.74, 6) is 2.20. The van der Waals surface area contributed by atoms with Crippen LogP contribution in [-0.4, -0.2) is 12.4 Å². The van der Waals surface area contributed by atoms with E-state index in [9.17, 15) is 0 Å². The van der Waals surface area contributed by atoms with E-state index in [4.69, 9.17) is 9.47 Å². The average Bonchev–Trinajstić information content (AvgIpc) is 2.72. The minimum atomic E-state index is -0.120. The fraction of sp³-hybridized carbons (Fsp3) is 0.786. The van der Waals surface area contributed by atoms with Gasteiger partial charge in [0.25, 0.3) is 0 Å². The first kappa shape index (κ1) is 25.2. The van der Waals surface area contributed by atoms with Crippen LogP contribution in [-0.2, 0) is 4.74 Å². The van der Waals surface area contributed by atoms with Gasteiger partial charge in [-0.3, -0.25) is 0 Å². The molecule has 2 rings (SSSR count). The first-order chi connectivity index (χ1) is 14.4. The molecule has 172 valence electrons.